The Balaban J connectivity index is 1.75. The van der Waals surface area contributed by atoms with E-state index < -0.39 is 12.0 Å². The van der Waals surface area contributed by atoms with Crippen LogP contribution in [0, 0.1) is 5.41 Å². The molecule has 6 nitrogen and oxygen atoms in total. The first-order valence-corrected chi connectivity index (χ1v) is 9.36. The van der Waals surface area contributed by atoms with Crippen LogP contribution in [0.2, 0.25) is 0 Å². The highest BCUT2D eigenvalue weighted by Crippen LogP contribution is 2.38. The topological polar surface area (TPSA) is 86.7 Å². The molecular formula is C20H26N2O4. The van der Waals surface area contributed by atoms with Crippen molar-refractivity contribution in [1.82, 2.24) is 4.90 Å². The first-order chi connectivity index (χ1) is 12.4. The Morgan fingerprint density at radius 2 is 1.88 bits per heavy atom. The summed E-state index contributed by atoms with van der Waals surface area (Å²) in [5.41, 5.74) is 0.645. The summed E-state index contributed by atoms with van der Waals surface area (Å²) in [4.78, 5) is 38.3. The lowest BCUT2D eigenvalue weighted by Gasteiger charge is -2.33. The van der Waals surface area contributed by atoms with Crippen molar-refractivity contribution >= 4 is 23.5 Å². The number of aliphatic carboxylic acids is 1. The normalized spacial score (nSPS) is 22.0. The number of carboxylic acids is 1. The summed E-state index contributed by atoms with van der Waals surface area (Å²) in [6.45, 7) is 2.43. The molecule has 1 heterocycles. The average molecular weight is 358 g/mol. The molecule has 1 aromatic rings. The van der Waals surface area contributed by atoms with Crippen molar-refractivity contribution in [3.8, 4) is 0 Å². The van der Waals surface area contributed by atoms with E-state index >= 15 is 0 Å². The molecule has 0 spiro atoms. The molecule has 26 heavy (non-hydrogen) atoms. The van der Waals surface area contributed by atoms with Gasteiger partial charge in [-0.2, -0.15) is 0 Å². The van der Waals surface area contributed by atoms with Crippen molar-refractivity contribution in [2.75, 3.05) is 11.9 Å². The van der Waals surface area contributed by atoms with Gasteiger partial charge in [0.2, 0.25) is 5.91 Å². The summed E-state index contributed by atoms with van der Waals surface area (Å²) in [5.74, 6) is -1.27. The zero-order valence-corrected chi connectivity index (χ0v) is 15.2. The van der Waals surface area contributed by atoms with Crippen molar-refractivity contribution in [2.24, 2.45) is 5.41 Å². The number of piperidine rings is 1. The summed E-state index contributed by atoms with van der Waals surface area (Å²) in [6, 6.07) is 6.03. The second-order valence-corrected chi connectivity index (χ2v) is 7.65. The van der Waals surface area contributed by atoms with E-state index in [1.165, 1.54) is 4.90 Å². The molecule has 1 unspecified atom stereocenters. The van der Waals surface area contributed by atoms with Gasteiger partial charge in [0, 0.05) is 23.2 Å². The number of benzene rings is 1. The highest BCUT2D eigenvalue weighted by Gasteiger charge is 2.36. The van der Waals surface area contributed by atoms with Crippen LogP contribution in [-0.4, -0.2) is 40.4 Å². The van der Waals surface area contributed by atoms with Crippen molar-refractivity contribution in [2.45, 2.75) is 57.9 Å². The maximum Gasteiger partial charge on any atom is 0.326 e. The number of nitrogens with one attached hydrogen (secondary N) is 1. The summed E-state index contributed by atoms with van der Waals surface area (Å²) < 4.78 is 0. The average Bonchev–Trinajstić information content (AvgIpc) is 3.09. The fourth-order valence-corrected chi connectivity index (χ4v) is 3.99. The van der Waals surface area contributed by atoms with Gasteiger partial charge in [-0.05, 0) is 50.3 Å². The van der Waals surface area contributed by atoms with E-state index in [-0.39, 0.29) is 17.2 Å². The molecule has 1 atom stereocenters. The molecule has 2 fully saturated rings. The Labute approximate surface area is 153 Å². The monoisotopic (exact) mass is 358 g/mol. The van der Waals surface area contributed by atoms with Crippen molar-refractivity contribution in [3.05, 3.63) is 29.8 Å². The molecule has 1 aliphatic heterocycles. The second-order valence-electron chi connectivity index (χ2n) is 7.65. The Morgan fingerprint density at radius 1 is 1.15 bits per heavy atom. The number of anilines is 1. The standard InChI is InChI=1S/C20H26N2O4/c1-20(10-3-4-11-20)19(26)21-15-8-6-7-14(13-15)17(23)22-12-5-2-9-16(22)18(24)25/h6-8,13,16H,2-5,9-12H2,1H3,(H,21,26)(H,24,25). The molecule has 1 aromatic carbocycles. The van der Waals surface area contributed by atoms with Gasteiger partial charge < -0.3 is 15.3 Å². The van der Waals surface area contributed by atoms with E-state index in [1.807, 2.05) is 6.92 Å². The molecule has 2 N–H and O–H groups in total. The summed E-state index contributed by atoms with van der Waals surface area (Å²) >= 11 is 0. The molecule has 1 saturated heterocycles. The van der Waals surface area contributed by atoms with E-state index in [2.05, 4.69) is 5.32 Å². The minimum Gasteiger partial charge on any atom is -0.480 e. The third kappa shape index (κ3) is 3.74. The third-order valence-corrected chi connectivity index (χ3v) is 5.67. The predicted octanol–water partition coefficient (Wildman–Crippen LogP) is 3.28. The summed E-state index contributed by atoms with van der Waals surface area (Å²) in [5, 5.41) is 12.3. The molecule has 140 valence electrons. The number of hydrogen-bond donors (Lipinski definition) is 2. The quantitative estimate of drug-likeness (QED) is 0.865. The number of carboxylic acid groups (broad SMARTS) is 1. The Kier molecular flexibility index (Phi) is 5.30. The molecule has 0 radical (unpaired) electrons. The van der Waals surface area contributed by atoms with E-state index in [0.717, 1.165) is 38.5 Å². The van der Waals surface area contributed by atoms with Gasteiger partial charge in [0.05, 0.1) is 0 Å². The largest absolute Gasteiger partial charge is 0.480 e. The minimum absolute atomic E-state index is 0.0130. The van der Waals surface area contributed by atoms with Gasteiger partial charge in [0.15, 0.2) is 0 Å². The fraction of sp³-hybridized carbons (Fsp3) is 0.550. The maximum atomic E-state index is 12.8. The smallest absolute Gasteiger partial charge is 0.326 e. The van der Waals surface area contributed by atoms with Gasteiger partial charge in [-0.1, -0.05) is 25.8 Å². The molecule has 0 aromatic heterocycles. The zero-order chi connectivity index (χ0) is 18.7. The van der Waals surface area contributed by atoms with Crippen molar-refractivity contribution < 1.29 is 19.5 Å². The van der Waals surface area contributed by atoms with E-state index in [4.69, 9.17) is 0 Å². The predicted molar refractivity (Wildman–Crippen MR) is 98.0 cm³/mol. The molecular weight excluding hydrogens is 332 g/mol. The minimum atomic E-state index is -0.961. The number of carbonyl (C=O) groups is 3. The first kappa shape index (κ1) is 18.4. The summed E-state index contributed by atoms with van der Waals surface area (Å²) in [7, 11) is 0. The number of nitrogens with zero attached hydrogens (tertiary/aromatic N) is 1. The van der Waals surface area contributed by atoms with Crippen LogP contribution < -0.4 is 5.32 Å². The lowest BCUT2D eigenvalue weighted by molar-refractivity contribution is -0.143. The third-order valence-electron chi connectivity index (χ3n) is 5.67. The van der Waals surface area contributed by atoms with Crippen LogP contribution in [0.5, 0.6) is 0 Å². The van der Waals surface area contributed by atoms with Gasteiger partial charge >= 0.3 is 5.97 Å². The highest BCUT2D eigenvalue weighted by atomic mass is 16.4. The second kappa shape index (κ2) is 7.48. The van der Waals surface area contributed by atoms with Crippen LogP contribution in [0.1, 0.15) is 62.2 Å². The number of carbonyl (C=O) groups excluding carboxylic acids is 2. The number of rotatable bonds is 4. The number of hydrogen-bond acceptors (Lipinski definition) is 3. The Bertz CT molecular complexity index is 710. The van der Waals surface area contributed by atoms with Gasteiger partial charge in [0.25, 0.3) is 5.91 Å². The number of amides is 2. The van der Waals surface area contributed by atoms with Crippen molar-refractivity contribution in [1.29, 1.82) is 0 Å². The van der Waals surface area contributed by atoms with Gasteiger partial charge in [-0.3, -0.25) is 9.59 Å². The van der Waals surface area contributed by atoms with Crippen LogP contribution >= 0.6 is 0 Å². The van der Waals surface area contributed by atoms with E-state index in [0.29, 0.717) is 24.2 Å². The highest BCUT2D eigenvalue weighted by molar-refractivity contribution is 6.00. The first-order valence-electron chi connectivity index (χ1n) is 9.36. The van der Waals surface area contributed by atoms with Crippen LogP contribution in [0.3, 0.4) is 0 Å². The fourth-order valence-electron chi connectivity index (χ4n) is 3.99. The summed E-state index contributed by atoms with van der Waals surface area (Å²) in [6.07, 6.45) is 5.99. The van der Waals surface area contributed by atoms with Crippen molar-refractivity contribution in [3.63, 3.8) is 0 Å². The molecule has 2 amide bonds. The van der Waals surface area contributed by atoms with Crippen LogP contribution in [0.15, 0.2) is 24.3 Å². The van der Waals surface area contributed by atoms with Gasteiger partial charge in [-0.15, -0.1) is 0 Å². The SMILES string of the molecule is CC1(C(=O)Nc2cccc(C(=O)N3CCCCC3C(=O)O)c2)CCCC1. The molecule has 2 aliphatic rings. The van der Waals surface area contributed by atoms with Gasteiger partial charge in [0.1, 0.15) is 6.04 Å². The molecule has 0 bridgehead atoms. The lowest BCUT2D eigenvalue weighted by Crippen LogP contribution is -2.48. The van der Waals surface area contributed by atoms with E-state index in [9.17, 15) is 19.5 Å². The van der Waals surface area contributed by atoms with Crippen LogP contribution in [0.4, 0.5) is 5.69 Å². The van der Waals surface area contributed by atoms with Gasteiger partial charge in [-0.25, -0.2) is 4.79 Å². The zero-order valence-electron chi connectivity index (χ0n) is 15.2. The van der Waals surface area contributed by atoms with Crippen LogP contribution in [-0.2, 0) is 9.59 Å². The number of likely N-dealkylation sites (tertiary alicyclic amines) is 1. The van der Waals surface area contributed by atoms with Crippen LogP contribution in [0.25, 0.3) is 0 Å². The lowest BCUT2D eigenvalue weighted by atomic mass is 9.88. The maximum absolute atomic E-state index is 12.8. The molecule has 1 aliphatic carbocycles. The van der Waals surface area contributed by atoms with E-state index in [1.54, 1.807) is 24.3 Å². The molecule has 1 saturated carbocycles. The molecule has 6 heteroatoms. The molecule has 3 rings (SSSR count). The Hall–Kier alpha value is -2.37. The Morgan fingerprint density at radius 3 is 2.58 bits per heavy atom.